The standard InChI is InChI=1S/C22H17N5O3S3/c28-20(24-23-12-16-7-2-4-11-19(16)27(29)30)14-32-22-26-25-21(33-22)31-13-17-9-5-8-15-6-1-3-10-18(15)17/h1-12H,13-14H2,(H,24,28)/b23-12+. The van der Waals surface area contributed by atoms with Crippen molar-refractivity contribution in [3.63, 3.8) is 0 Å². The minimum atomic E-state index is -0.496. The Morgan fingerprint density at radius 3 is 2.61 bits per heavy atom. The highest BCUT2D eigenvalue weighted by Gasteiger charge is 2.11. The summed E-state index contributed by atoms with van der Waals surface area (Å²) >= 11 is 4.31. The predicted molar refractivity (Wildman–Crippen MR) is 133 cm³/mol. The van der Waals surface area contributed by atoms with Crippen LogP contribution in [-0.4, -0.2) is 33.0 Å². The van der Waals surface area contributed by atoms with Crippen molar-refractivity contribution in [2.75, 3.05) is 5.75 Å². The number of hydrogen-bond acceptors (Lipinski definition) is 9. The summed E-state index contributed by atoms with van der Waals surface area (Å²) in [4.78, 5) is 22.5. The summed E-state index contributed by atoms with van der Waals surface area (Å²) in [6.45, 7) is 0. The summed E-state index contributed by atoms with van der Waals surface area (Å²) in [5, 5.41) is 25.6. The minimum Gasteiger partial charge on any atom is -0.272 e. The van der Waals surface area contributed by atoms with Gasteiger partial charge in [-0.3, -0.25) is 14.9 Å². The molecule has 4 rings (SSSR count). The van der Waals surface area contributed by atoms with Gasteiger partial charge in [-0.15, -0.1) is 10.2 Å². The van der Waals surface area contributed by atoms with Crippen molar-refractivity contribution in [3.05, 3.63) is 88.0 Å². The molecule has 33 heavy (non-hydrogen) atoms. The highest BCUT2D eigenvalue weighted by atomic mass is 32.2. The van der Waals surface area contributed by atoms with Crippen molar-refractivity contribution in [2.24, 2.45) is 5.10 Å². The molecular weight excluding hydrogens is 478 g/mol. The lowest BCUT2D eigenvalue weighted by Crippen LogP contribution is -2.19. The van der Waals surface area contributed by atoms with Crippen LogP contribution in [0.15, 0.2) is 80.5 Å². The Morgan fingerprint density at radius 1 is 1.03 bits per heavy atom. The Morgan fingerprint density at radius 2 is 1.76 bits per heavy atom. The van der Waals surface area contributed by atoms with Gasteiger partial charge in [0.2, 0.25) is 0 Å². The molecule has 8 nitrogen and oxygen atoms in total. The number of carbonyl (C=O) groups excluding carboxylic acids is 1. The molecule has 3 aromatic carbocycles. The van der Waals surface area contributed by atoms with Crippen LogP contribution in [0.1, 0.15) is 11.1 Å². The Balaban J connectivity index is 1.27. The lowest BCUT2D eigenvalue weighted by Gasteiger charge is -2.04. The first-order valence-corrected chi connectivity index (χ1v) is 12.5. The van der Waals surface area contributed by atoms with Crippen molar-refractivity contribution >= 4 is 63.4 Å². The van der Waals surface area contributed by atoms with E-state index >= 15 is 0 Å². The number of benzene rings is 3. The number of thioether (sulfide) groups is 2. The average molecular weight is 496 g/mol. The van der Waals surface area contributed by atoms with Crippen LogP contribution in [0.2, 0.25) is 0 Å². The van der Waals surface area contributed by atoms with Gasteiger partial charge in [0.25, 0.3) is 11.6 Å². The molecule has 0 unspecified atom stereocenters. The van der Waals surface area contributed by atoms with Gasteiger partial charge in [-0.1, -0.05) is 89.5 Å². The van der Waals surface area contributed by atoms with E-state index in [0.29, 0.717) is 9.90 Å². The molecule has 0 fully saturated rings. The Bertz CT molecular complexity index is 1320. The zero-order valence-corrected chi connectivity index (χ0v) is 19.5. The third-order valence-electron chi connectivity index (χ3n) is 4.47. The number of nitro groups is 1. The third kappa shape index (κ3) is 6.15. The van der Waals surface area contributed by atoms with Gasteiger partial charge in [0.05, 0.1) is 22.5 Å². The van der Waals surface area contributed by atoms with Gasteiger partial charge >= 0.3 is 0 Å². The maximum atomic E-state index is 12.0. The smallest absolute Gasteiger partial charge is 0.272 e. The van der Waals surface area contributed by atoms with E-state index in [0.717, 1.165) is 10.1 Å². The van der Waals surface area contributed by atoms with Crippen molar-refractivity contribution in [3.8, 4) is 0 Å². The second-order valence-electron chi connectivity index (χ2n) is 6.66. The van der Waals surface area contributed by atoms with Crippen molar-refractivity contribution in [2.45, 2.75) is 14.4 Å². The molecule has 0 aliphatic rings. The molecule has 0 bridgehead atoms. The van der Waals surface area contributed by atoms with Crippen LogP contribution in [0.4, 0.5) is 5.69 Å². The zero-order chi connectivity index (χ0) is 23.0. The number of rotatable bonds is 9. The molecule has 0 atom stereocenters. The van der Waals surface area contributed by atoms with Gasteiger partial charge in [-0.25, -0.2) is 5.43 Å². The Labute approximate surface area is 201 Å². The molecular formula is C22H17N5O3S3. The first-order chi connectivity index (χ1) is 16.1. The summed E-state index contributed by atoms with van der Waals surface area (Å²) in [5.74, 6) is 0.549. The quantitative estimate of drug-likeness (QED) is 0.148. The molecule has 1 aromatic heterocycles. The Hall–Kier alpha value is -3.28. The summed E-state index contributed by atoms with van der Waals surface area (Å²) in [7, 11) is 0. The normalized spacial score (nSPS) is 11.2. The predicted octanol–water partition coefficient (Wildman–Crippen LogP) is 5.13. The number of hydrazone groups is 1. The molecule has 0 aliphatic heterocycles. The van der Waals surface area contributed by atoms with Crippen molar-refractivity contribution in [1.82, 2.24) is 15.6 Å². The number of para-hydroxylation sites is 1. The highest BCUT2D eigenvalue weighted by molar-refractivity contribution is 8.03. The van der Waals surface area contributed by atoms with Gasteiger partial charge in [-0.05, 0) is 22.4 Å². The van der Waals surface area contributed by atoms with Gasteiger partial charge < -0.3 is 0 Å². The van der Waals surface area contributed by atoms with Gasteiger partial charge in [0.15, 0.2) is 8.68 Å². The number of carbonyl (C=O) groups is 1. The summed E-state index contributed by atoms with van der Waals surface area (Å²) < 4.78 is 1.52. The first kappa shape index (κ1) is 22.9. The van der Waals surface area contributed by atoms with Crippen LogP contribution in [-0.2, 0) is 10.5 Å². The van der Waals surface area contributed by atoms with Crippen LogP contribution in [0, 0.1) is 10.1 Å². The molecule has 0 saturated carbocycles. The fourth-order valence-corrected chi connectivity index (χ4v) is 5.78. The van der Waals surface area contributed by atoms with Gasteiger partial charge in [0, 0.05) is 11.8 Å². The van der Waals surface area contributed by atoms with Crippen LogP contribution >= 0.6 is 34.9 Å². The lowest BCUT2D eigenvalue weighted by atomic mass is 10.1. The van der Waals surface area contributed by atoms with E-state index in [4.69, 9.17) is 0 Å². The van der Waals surface area contributed by atoms with Gasteiger partial charge in [-0.2, -0.15) is 5.10 Å². The van der Waals surface area contributed by atoms with E-state index < -0.39 is 4.92 Å². The largest absolute Gasteiger partial charge is 0.278 e. The van der Waals surface area contributed by atoms with Crippen LogP contribution in [0.3, 0.4) is 0 Å². The molecule has 4 aromatic rings. The van der Waals surface area contributed by atoms with Crippen molar-refractivity contribution in [1.29, 1.82) is 0 Å². The van der Waals surface area contributed by atoms with Crippen LogP contribution < -0.4 is 5.43 Å². The van der Waals surface area contributed by atoms with E-state index in [-0.39, 0.29) is 17.3 Å². The Kier molecular flexibility index (Phi) is 7.66. The molecule has 0 saturated heterocycles. The second-order valence-corrected chi connectivity index (χ2v) is 10.1. The number of fused-ring (bicyclic) bond motifs is 1. The molecule has 0 spiro atoms. The number of nitrogens with one attached hydrogen (secondary N) is 1. The molecule has 166 valence electrons. The van der Waals surface area contributed by atoms with Crippen LogP contribution in [0.5, 0.6) is 0 Å². The zero-order valence-electron chi connectivity index (χ0n) is 17.1. The topological polar surface area (TPSA) is 110 Å². The number of hydrogen-bond donors (Lipinski definition) is 1. The second kappa shape index (κ2) is 11.0. The fourth-order valence-electron chi connectivity index (χ4n) is 2.97. The monoisotopic (exact) mass is 495 g/mol. The SMILES string of the molecule is O=C(CSc1nnc(SCc2cccc3ccccc23)s1)N/N=C/c1ccccc1[N+](=O)[O-]. The molecule has 0 aliphatic carbocycles. The van der Waals surface area contributed by atoms with E-state index in [2.05, 4.69) is 51.1 Å². The lowest BCUT2D eigenvalue weighted by molar-refractivity contribution is -0.385. The first-order valence-electron chi connectivity index (χ1n) is 9.71. The highest BCUT2D eigenvalue weighted by Crippen LogP contribution is 2.32. The molecule has 1 amide bonds. The maximum Gasteiger partial charge on any atom is 0.278 e. The fraction of sp³-hybridized carbons (Fsp3) is 0.0909. The van der Waals surface area contributed by atoms with E-state index in [1.54, 1.807) is 30.0 Å². The summed E-state index contributed by atoms with van der Waals surface area (Å²) in [6.07, 6.45) is 1.26. The minimum absolute atomic E-state index is 0.0766. The number of amides is 1. The van der Waals surface area contributed by atoms with Crippen molar-refractivity contribution < 1.29 is 9.72 Å². The average Bonchev–Trinajstić information content (AvgIpc) is 3.29. The number of nitrogens with zero attached hydrogens (tertiary/aromatic N) is 4. The van der Waals surface area contributed by atoms with E-state index in [1.165, 1.54) is 51.7 Å². The summed E-state index contributed by atoms with van der Waals surface area (Å²) in [6, 6.07) is 20.7. The maximum absolute atomic E-state index is 12.0. The number of aromatic nitrogens is 2. The van der Waals surface area contributed by atoms with Gasteiger partial charge in [0.1, 0.15) is 0 Å². The van der Waals surface area contributed by atoms with Crippen LogP contribution in [0.25, 0.3) is 10.8 Å². The molecule has 1 heterocycles. The molecule has 1 N–H and O–H groups in total. The van der Waals surface area contributed by atoms with E-state index in [1.807, 2.05) is 12.1 Å². The summed E-state index contributed by atoms with van der Waals surface area (Å²) in [5.41, 5.74) is 3.85. The van der Waals surface area contributed by atoms with E-state index in [9.17, 15) is 14.9 Å². The molecule has 0 radical (unpaired) electrons. The third-order valence-corrected chi connectivity index (χ3v) is 7.71. The molecule has 11 heteroatoms. The number of nitro benzene ring substituents is 1.